The van der Waals surface area contributed by atoms with E-state index in [1.54, 1.807) is 6.07 Å². The van der Waals surface area contributed by atoms with Crippen LogP contribution in [-0.4, -0.2) is 6.54 Å². The van der Waals surface area contributed by atoms with Crippen LogP contribution in [0.1, 0.15) is 24.1 Å². The summed E-state index contributed by atoms with van der Waals surface area (Å²) in [5, 5.41) is 4.11. The van der Waals surface area contributed by atoms with Crippen LogP contribution in [-0.2, 0) is 6.42 Å². The van der Waals surface area contributed by atoms with Gasteiger partial charge in [0.1, 0.15) is 5.82 Å². The fourth-order valence-corrected chi connectivity index (χ4v) is 3.57. The molecule has 2 aromatic rings. The molecule has 112 valence electrons. The highest BCUT2D eigenvalue weighted by Crippen LogP contribution is 2.29. The van der Waals surface area contributed by atoms with E-state index in [4.69, 9.17) is 11.6 Å². The molecule has 0 aromatic heterocycles. The number of hydrogen-bond donors (Lipinski definition) is 1. The van der Waals surface area contributed by atoms with Gasteiger partial charge in [0.05, 0.1) is 4.47 Å². The molecule has 0 fully saturated rings. The first-order chi connectivity index (χ1) is 10.0. The lowest BCUT2D eigenvalue weighted by atomic mass is 9.98. The molecule has 0 aliphatic carbocycles. The van der Waals surface area contributed by atoms with Crippen LogP contribution >= 0.6 is 43.5 Å². The molecule has 21 heavy (non-hydrogen) atoms. The summed E-state index contributed by atoms with van der Waals surface area (Å²) < 4.78 is 15.1. The molecule has 2 rings (SSSR count). The highest BCUT2D eigenvalue weighted by molar-refractivity contribution is 9.10. The standard InChI is InChI=1S/C16H15Br2ClFN/c1-2-21-15(11-6-12(17)9-13(19)7-11)8-10-4-3-5-14(20)16(10)18/h3-7,9,15,21H,2,8H2,1H3. The first-order valence-corrected chi connectivity index (χ1v) is 8.60. The van der Waals surface area contributed by atoms with Crippen molar-refractivity contribution in [3.63, 3.8) is 0 Å². The second kappa shape index (κ2) is 7.73. The molecule has 1 unspecified atom stereocenters. The number of nitrogens with one attached hydrogen (secondary N) is 1. The van der Waals surface area contributed by atoms with Gasteiger partial charge < -0.3 is 5.32 Å². The van der Waals surface area contributed by atoms with Gasteiger partial charge in [0.25, 0.3) is 0 Å². The Labute approximate surface area is 146 Å². The van der Waals surface area contributed by atoms with Crippen molar-refractivity contribution in [3.05, 3.63) is 67.3 Å². The predicted octanol–water partition coefficient (Wildman–Crippen LogP) is 5.90. The second-order valence-corrected chi connectivity index (χ2v) is 6.88. The highest BCUT2D eigenvalue weighted by Gasteiger charge is 2.15. The molecule has 0 spiro atoms. The van der Waals surface area contributed by atoms with Gasteiger partial charge in [-0.2, -0.15) is 0 Å². The summed E-state index contributed by atoms with van der Waals surface area (Å²) in [6.45, 7) is 2.87. The smallest absolute Gasteiger partial charge is 0.137 e. The molecular weight excluding hydrogens is 420 g/mol. The van der Waals surface area contributed by atoms with Crippen molar-refractivity contribution in [2.75, 3.05) is 6.54 Å². The van der Waals surface area contributed by atoms with E-state index in [9.17, 15) is 4.39 Å². The van der Waals surface area contributed by atoms with Crippen molar-refractivity contribution in [2.45, 2.75) is 19.4 Å². The third kappa shape index (κ3) is 4.52. The van der Waals surface area contributed by atoms with Gasteiger partial charge in [0.15, 0.2) is 0 Å². The third-order valence-corrected chi connectivity index (χ3v) is 4.76. The summed E-state index contributed by atoms with van der Waals surface area (Å²) in [5.41, 5.74) is 2.00. The van der Waals surface area contributed by atoms with Gasteiger partial charge in [0, 0.05) is 15.5 Å². The van der Waals surface area contributed by atoms with Gasteiger partial charge >= 0.3 is 0 Å². The van der Waals surface area contributed by atoms with Crippen LogP contribution in [0.15, 0.2) is 45.3 Å². The minimum absolute atomic E-state index is 0.0723. The lowest BCUT2D eigenvalue weighted by Gasteiger charge is -2.20. The van der Waals surface area contributed by atoms with Crippen molar-refractivity contribution in [1.82, 2.24) is 5.32 Å². The Hall–Kier alpha value is -0.420. The summed E-state index contributed by atoms with van der Waals surface area (Å²) in [6, 6.07) is 11.0. The zero-order chi connectivity index (χ0) is 15.4. The normalized spacial score (nSPS) is 12.4. The molecule has 0 amide bonds. The number of halogens is 4. The van der Waals surface area contributed by atoms with E-state index < -0.39 is 0 Å². The van der Waals surface area contributed by atoms with Gasteiger partial charge in [-0.1, -0.05) is 46.6 Å². The third-order valence-electron chi connectivity index (χ3n) is 3.19. The molecule has 1 N–H and O–H groups in total. The lowest BCUT2D eigenvalue weighted by molar-refractivity contribution is 0.544. The molecule has 0 radical (unpaired) electrons. The lowest BCUT2D eigenvalue weighted by Crippen LogP contribution is -2.23. The molecule has 0 heterocycles. The van der Waals surface area contributed by atoms with Gasteiger partial charge in [-0.05, 0) is 64.3 Å². The molecule has 1 nitrogen and oxygen atoms in total. The average Bonchev–Trinajstić information content (AvgIpc) is 2.42. The fourth-order valence-electron chi connectivity index (χ4n) is 2.26. The zero-order valence-electron chi connectivity index (χ0n) is 11.5. The van der Waals surface area contributed by atoms with Crippen LogP contribution in [0.5, 0.6) is 0 Å². The van der Waals surface area contributed by atoms with Gasteiger partial charge in [-0.15, -0.1) is 0 Å². The molecule has 2 aromatic carbocycles. The molecule has 0 bridgehead atoms. The Morgan fingerprint density at radius 2 is 2.00 bits per heavy atom. The first kappa shape index (κ1) is 16.9. The first-order valence-electron chi connectivity index (χ1n) is 6.63. The molecule has 0 saturated heterocycles. The van der Waals surface area contributed by atoms with Crippen LogP contribution in [0, 0.1) is 5.82 Å². The zero-order valence-corrected chi connectivity index (χ0v) is 15.4. The fraction of sp³-hybridized carbons (Fsp3) is 0.250. The van der Waals surface area contributed by atoms with E-state index in [1.807, 2.05) is 31.2 Å². The molecule has 0 aliphatic heterocycles. The summed E-state index contributed by atoms with van der Waals surface area (Å²) in [5.74, 6) is -0.241. The van der Waals surface area contributed by atoms with Crippen LogP contribution in [0.25, 0.3) is 0 Å². The van der Waals surface area contributed by atoms with E-state index in [0.29, 0.717) is 15.9 Å². The molecular formula is C16H15Br2ClFN. The van der Waals surface area contributed by atoms with E-state index in [-0.39, 0.29) is 11.9 Å². The molecule has 1 atom stereocenters. The van der Waals surface area contributed by atoms with Crippen LogP contribution in [0.2, 0.25) is 5.02 Å². The van der Waals surface area contributed by atoms with Crippen molar-refractivity contribution in [3.8, 4) is 0 Å². The summed E-state index contributed by atoms with van der Waals surface area (Å²) in [7, 11) is 0. The van der Waals surface area contributed by atoms with Crippen LogP contribution in [0.4, 0.5) is 4.39 Å². The van der Waals surface area contributed by atoms with Crippen LogP contribution < -0.4 is 5.32 Å². The number of likely N-dealkylation sites (N-methyl/N-ethyl adjacent to an activating group) is 1. The number of benzene rings is 2. The Kier molecular flexibility index (Phi) is 6.23. The van der Waals surface area contributed by atoms with Gasteiger partial charge in [-0.25, -0.2) is 4.39 Å². The minimum atomic E-state index is -0.241. The topological polar surface area (TPSA) is 12.0 Å². The largest absolute Gasteiger partial charge is 0.310 e. The molecule has 0 aliphatic rings. The van der Waals surface area contributed by atoms with Gasteiger partial charge in [0.2, 0.25) is 0 Å². The predicted molar refractivity (Wildman–Crippen MR) is 93.4 cm³/mol. The Bertz CT molecular complexity index is 613. The maximum absolute atomic E-state index is 13.7. The Morgan fingerprint density at radius 1 is 1.24 bits per heavy atom. The highest BCUT2D eigenvalue weighted by atomic mass is 79.9. The van der Waals surface area contributed by atoms with Crippen molar-refractivity contribution in [1.29, 1.82) is 0 Å². The summed E-state index contributed by atoms with van der Waals surface area (Å²) in [6.07, 6.45) is 0.680. The van der Waals surface area contributed by atoms with E-state index >= 15 is 0 Å². The summed E-state index contributed by atoms with van der Waals surface area (Å²) >= 11 is 12.9. The maximum atomic E-state index is 13.7. The second-order valence-electron chi connectivity index (χ2n) is 4.73. The van der Waals surface area contributed by atoms with Crippen molar-refractivity contribution >= 4 is 43.5 Å². The summed E-state index contributed by atoms with van der Waals surface area (Å²) in [4.78, 5) is 0. The van der Waals surface area contributed by atoms with E-state index in [2.05, 4.69) is 37.2 Å². The Morgan fingerprint density at radius 3 is 2.67 bits per heavy atom. The maximum Gasteiger partial charge on any atom is 0.137 e. The molecule has 0 saturated carbocycles. The van der Waals surface area contributed by atoms with Crippen LogP contribution in [0.3, 0.4) is 0 Å². The SMILES string of the molecule is CCNC(Cc1cccc(F)c1Br)c1cc(Cl)cc(Br)c1. The number of hydrogen-bond acceptors (Lipinski definition) is 1. The van der Waals surface area contributed by atoms with Crippen molar-refractivity contribution < 1.29 is 4.39 Å². The molecule has 5 heteroatoms. The number of rotatable bonds is 5. The van der Waals surface area contributed by atoms with E-state index in [1.165, 1.54) is 6.07 Å². The Balaban J connectivity index is 2.32. The van der Waals surface area contributed by atoms with Gasteiger partial charge in [-0.3, -0.25) is 0 Å². The van der Waals surface area contributed by atoms with Crippen molar-refractivity contribution in [2.24, 2.45) is 0 Å². The quantitative estimate of drug-likeness (QED) is 0.617. The monoisotopic (exact) mass is 433 g/mol. The average molecular weight is 436 g/mol. The van der Waals surface area contributed by atoms with E-state index in [0.717, 1.165) is 22.1 Å². The minimum Gasteiger partial charge on any atom is -0.310 e.